The maximum atomic E-state index is 13.6. The molecule has 4 atom stereocenters. The summed E-state index contributed by atoms with van der Waals surface area (Å²) >= 11 is 1.27. The number of likely N-dealkylation sites (tertiary alicyclic amines) is 1. The number of aliphatic hydroxyl groups excluding tert-OH is 1. The molecule has 0 spiro atoms. The Labute approximate surface area is 237 Å². The normalized spacial score (nSPS) is 18.3. The minimum atomic E-state index is -1.22. The van der Waals surface area contributed by atoms with Crippen molar-refractivity contribution in [3.8, 4) is 0 Å². The molecule has 10 nitrogen and oxygen atoms in total. The molecule has 40 heavy (non-hydrogen) atoms. The van der Waals surface area contributed by atoms with Crippen molar-refractivity contribution in [3.05, 3.63) is 65.2 Å². The maximum Gasteiger partial charge on any atom is 0.252 e. The van der Waals surface area contributed by atoms with E-state index in [-0.39, 0.29) is 24.1 Å². The number of amides is 2. The van der Waals surface area contributed by atoms with Gasteiger partial charge in [-0.3, -0.25) is 19.8 Å². The third-order valence-electron chi connectivity index (χ3n) is 7.21. The number of carbonyl (C=O) groups is 3. The van der Waals surface area contributed by atoms with Gasteiger partial charge in [0.25, 0.3) is 5.91 Å². The van der Waals surface area contributed by atoms with E-state index in [0.717, 1.165) is 10.3 Å². The molecule has 6 N–H and O–H groups in total. The van der Waals surface area contributed by atoms with Crippen molar-refractivity contribution in [2.45, 2.75) is 57.2 Å². The van der Waals surface area contributed by atoms with Crippen molar-refractivity contribution in [3.63, 3.8) is 0 Å². The van der Waals surface area contributed by atoms with E-state index in [1.165, 1.54) is 16.2 Å². The SMILES string of the molecule is C[C@H]1CCN(C(=O)[C@H](O)CCc2ccccc2)[C@@H]1C(=O)N[C@@H](CCCNC(=N)N)C(=O)c1nc2ccccc2s1. The second-order valence-corrected chi connectivity index (χ2v) is 11.2. The minimum absolute atomic E-state index is 0.136. The van der Waals surface area contributed by atoms with E-state index in [9.17, 15) is 19.5 Å². The van der Waals surface area contributed by atoms with Crippen molar-refractivity contribution in [2.75, 3.05) is 13.1 Å². The van der Waals surface area contributed by atoms with Gasteiger partial charge in [-0.25, -0.2) is 4.98 Å². The lowest BCUT2D eigenvalue weighted by atomic mass is 9.99. The molecule has 1 aromatic heterocycles. The zero-order valence-corrected chi connectivity index (χ0v) is 23.3. The molecule has 212 valence electrons. The van der Waals surface area contributed by atoms with Crippen LogP contribution in [0.15, 0.2) is 54.6 Å². The van der Waals surface area contributed by atoms with Crippen LogP contribution in [-0.4, -0.2) is 69.8 Å². The van der Waals surface area contributed by atoms with Gasteiger partial charge in [-0.05, 0) is 55.7 Å². The van der Waals surface area contributed by atoms with E-state index in [2.05, 4.69) is 15.6 Å². The highest BCUT2D eigenvalue weighted by Crippen LogP contribution is 2.27. The monoisotopic (exact) mass is 564 g/mol. The van der Waals surface area contributed by atoms with Crippen LogP contribution in [0.3, 0.4) is 0 Å². The number of ketones is 1. The lowest BCUT2D eigenvalue weighted by Gasteiger charge is -2.29. The van der Waals surface area contributed by atoms with Gasteiger partial charge in [-0.1, -0.05) is 49.4 Å². The predicted molar refractivity (Wildman–Crippen MR) is 155 cm³/mol. The van der Waals surface area contributed by atoms with Crippen molar-refractivity contribution in [1.29, 1.82) is 5.41 Å². The lowest BCUT2D eigenvalue weighted by molar-refractivity contribution is -0.146. The average molecular weight is 565 g/mol. The number of nitrogens with two attached hydrogens (primary N) is 1. The van der Waals surface area contributed by atoms with Crippen LogP contribution in [0.5, 0.6) is 0 Å². The van der Waals surface area contributed by atoms with Crippen LogP contribution in [-0.2, 0) is 16.0 Å². The van der Waals surface area contributed by atoms with Gasteiger partial charge in [0.2, 0.25) is 11.7 Å². The number of carbonyl (C=O) groups excluding carboxylic acids is 3. The topological polar surface area (TPSA) is 162 Å². The number of benzene rings is 2. The average Bonchev–Trinajstić information content (AvgIpc) is 3.56. The predicted octanol–water partition coefficient (Wildman–Crippen LogP) is 2.46. The summed E-state index contributed by atoms with van der Waals surface area (Å²) in [4.78, 5) is 46.3. The number of guanidine groups is 1. The molecule has 11 heteroatoms. The van der Waals surface area contributed by atoms with Gasteiger partial charge in [0.05, 0.1) is 16.3 Å². The van der Waals surface area contributed by atoms with Crippen LogP contribution in [0.25, 0.3) is 10.2 Å². The fraction of sp³-hybridized carbons (Fsp3) is 0.414. The van der Waals surface area contributed by atoms with E-state index < -0.39 is 30.0 Å². The number of nitrogens with zero attached hydrogens (tertiary/aromatic N) is 2. The molecule has 0 radical (unpaired) electrons. The lowest BCUT2D eigenvalue weighted by Crippen LogP contribution is -2.54. The second kappa shape index (κ2) is 13.5. The van der Waals surface area contributed by atoms with Crippen LogP contribution in [0, 0.1) is 11.3 Å². The highest BCUT2D eigenvalue weighted by atomic mass is 32.1. The Kier molecular flexibility index (Phi) is 9.84. The number of aryl methyl sites for hydroxylation is 1. The highest BCUT2D eigenvalue weighted by molar-refractivity contribution is 7.20. The summed E-state index contributed by atoms with van der Waals surface area (Å²) in [6, 6.07) is 15.4. The van der Waals surface area contributed by atoms with E-state index in [1.54, 1.807) is 0 Å². The zero-order chi connectivity index (χ0) is 28.6. The fourth-order valence-electron chi connectivity index (χ4n) is 5.04. The second-order valence-electron chi connectivity index (χ2n) is 10.2. The molecule has 1 saturated heterocycles. The first-order chi connectivity index (χ1) is 19.2. The van der Waals surface area contributed by atoms with Crippen LogP contribution in [0.4, 0.5) is 0 Å². The Hall–Kier alpha value is -3.83. The Morgan fingerprint density at radius 1 is 1.15 bits per heavy atom. The van der Waals surface area contributed by atoms with Gasteiger partial charge in [0, 0.05) is 13.1 Å². The molecule has 2 heterocycles. The molecular formula is C29H36N6O4S. The summed E-state index contributed by atoms with van der Waals surface area (Å²) in [7, 11) is 0. The number of hydrogen-bond donors (Lipinski definition) is 5. The standard InChI is InChI=1S/C29H36N6O4S/c1-18-15-17-35(28(39)22(36)14-13-19-8-3-2-4-9-19)24(18)26(38)33-21(11-7-16-32-29(30)31)25(37)27-34-20-10-5-6-12-23(20)40-27/h2-6,8-10,12,18,21-22,24,36H,7,11,13-17H2,1H3,(H,33,38)(H4,30,31,32)/t18-,21-,22+,24-/m0/s1. The first-order valence-corrected chi connectivity index (χ1v) is 14.4. The molecule has 4 rings (SSSR count). The summed E-state index contributed by atoms with van der Waals surface area (Å²) in [5.74, 6) is -1.50. The summed E-state index contributed by atoms with van der Waals surface area (Å²) < 4.78 is 0.875. The number of fused-ring (bicyclic) bond motifs is 1. The molecule has 3 aromatic rings. The fourth-order valence-corrected chi connectivity index (χ4v) is 6.00. The number of aliphatic hydroxyl groups is 1. The van der Waals surface area contributed by atoms with Crippen molar-refractivity contribution >= 4 is 45.1 Å². The number of rotatable bonds is 12. The van der Waals surface area contributed by atoms with Crippen molar-refractivity contribution < 1.29 is 19.5 Å². The summed E-state index contributed by atoms with van der Waals surface area (Å²) in [6.45, 7) is 2.63. The van der Waals surface area contributed by atoms with E-state index >= 15 is 0 Å². The summed E-state index contributed by atoms with van der Waals surface area (Å²) in [6.07, 6.45) is 0.968. The third-order valence-corrected chi connectivity index (χ3v) is 8.26. The van der Waals surface area contributed by atoms with E-state index in [4.69, 9.17) is 11.1 Å². The number of para-hydroxylation sites is 1. The van der Waals surface area contributed by atoms with Gasteiger partial charge in [-0.2, -0.15) is 0 Å². The van der Waals surface area contributed by atoms with Gasteiger partial charge in [0.15, 0.2) is 11.0 Å². The summed E-state index contributed by atoms with van der Waals surface area (Å²) in [5, 5.41) is 23.9. The number of thiazole rings is 1. The number of nitrogens with one attached hydrogen (secondary N) is 3. The quantitative estimate of drug-likeness (QED) is 0.0977. The van der Waals surface area contributed by atoms with E-state index in [1.807, 2.05) is 61.5 Å². The van der Waals surface area contributed by atoms with Gasteiger partial charge in [0.1, 0.15) is 12.1 Å². The highest BCUT2D eigenvalue weighted by Gasteiger charge is 2.42. The number of aromatic nitrogens is 1. The molecule has 0 bridgehead atoms. The van der Waals surface area contributed by atoms with Gasteiger partial charge in [-0.15, -0.1) is 11.3 Å². The first kappa shape index (κ1) is 29.2. The molecular weight excluding hydrogens is 528 g/mol. The van der Waals surface area contributed by atoms with Gasteiger partial charge < -0.3 is 26.4 Å². The molecule has 1 fully saturated rings. The maximum absolute atomic E-state index is 13.6. The zero-order valence-electron chi connectivity index (χ0n) is 22.5. The van der Waals surface area contributed by atoms with Crippen LogP contribution in [0.2, 0.25) is 0 Å². The van der Waals surface area contributed by atoms with Crippen LogP contribution in [0.1, 0.15) is 48.0 Å². The molecule has 1 aliphatic rings. The molecule has 2 amide bonds. The molecule has 0 saturated carbocycles. The third kappa shape index (κ3) is 7.22. The Balaban J connectivity index is 1.46. The van der Waals surface area contributed by atoms with Crippen molar-refractivity contribution in [2.24, 2.45) is 11.7 Å². The Bertz CT molecular complexity index is 1310. The largest absolute Gasteiger partial charge is 0.383 e. The van der Waals surface area contributed by atoms with Crippen LogP contribution >= 0.6 is 11.3 Å². The molecule has 0 aliphatic carbocycles. The molecule has 0 unspecified atom stereocenters. The number of hydrogen-bond acceptors (Lipinski definition) is 7. The number of Topliss-reactive ketones (excluding diaryl/α,β-unsaturated/α-hetero) is 1. The minimum Gasteiger partial charge on any atom is -0.383 e. The first-order valence-electron chi connectivity index (χ1n) is 13.5. The van der Waals surface area contributed by atoms with Crippen LogP contribution < -0.4 is 16.4 Å². The molecule has 2 aromatic carbocycles. The summed E-state index contributed by atoms with van der Waals surface area (Å²) in [5.41, 5.74) is 7.11. The van der Waals surface area contributed by atoms with Gasteiger partial charge >= 0.3 is 0 Å². The van der Waals surface area contributed by atoms with E-state index in [0.29, 0.717) is 49.3 Å². The smallest absolute Gasteiger partial charge is 0.252 e. The molecule has 1 aliphatic heterocycles. The Morgan fingerprint density at radius 2 is 1.88 bits per heavy atom. The Morgan fingerprint density at radius 3 is 2.60 bits per heavy atom. The van der Waals surface area contributed by atoms with Crippen molar-refractivity contribution in [1.82, 2.24) is 20.5 Å².